The molecule has 0 spiro atoms. The summed E-state index contributed by atoms with van der Waals surface area (Å²) in [6, 6.07) is 8.46. The lowest BCUT2D eigenvalue weighted by atomic mass is 10.1. The lowest BCUT2D eigenvalue weighted by Gasteiger charge is -2.15. The molecule has 1 aromatic heterocycles. The highest BCUT2D eigenvalue weighted by molar-refractivity contribution is 8.08. The number of hydrogen-bond acceptors (Lipinski definition) is 4. The van der Waals surface area contributed by atoms with Gasteiger partial charge in [0.05, 0.1) is 34.2 Å². The van der Waals surface area contributed by atoms with Crippen LogP contribution in [-0.2, 0) is 9.53 Å². The second-order valence-electron chi connectivity index (χ2n) is 7.43. The second kappa shape index (κ2) is 8.46. The van der Waals surface area contributed by atoms with Gasteiger partial charge in [0, 0.05) is 10.6 Å². The minimum Gasteiger partial charge on any atom is -0.462 e. The van der Waals surface area contributed by atoms with Crippen molar-refractivity contribution in [1.82, 2.24) is 4.98 Å². The first kappa shape index (κ1) is 21.2. The van der Waals surface area contributed by atoms with Crippen LogP contribution in [0.4, 0.5) is 0 Å². The molecule has 0 aliphatic carbocycles. The SMILES string of the molecule is CCOC(=O)C1=C(C)/C(=C(\Sc2c(C)cccc2C)c2[nH]c(C)cc2C)N=C1C. The lowest BCUT2D eigenvalue weighted by molar-refractivity contribution is -0.137. The van der Waals surface area contributed by atoms with Gasteiger partial charge < -0.3 is 9.72 Å². The number of rotatable bonds is 5. The van der Waals surface area contributed by atoms with E-state index in [-0.39, 0.29) is 5.97 Å². The molecule has 152 valence electrons. The van der Waals surface area contributed by atoms with Gasteiger partial charge in [-0.3, -0.25) is 4.99 Å². The number of aromatic nitrogens is 1. The predicted molar refractivity (Wildman–Crippen MR) is 121 cm³/mol. The van der Waals surface area contributed by atoms with Crippen molar-refractivity contribution in [3.63, 3.8) is 0 Å². The molecular formula is C24H28N2O2S. The number of esters is 1. The fourth-order valence-electron chi connectivity index (χ4n) is 3.67. The highest BCUT2D eigenvalue weighted by Gasteiger charge is 2.29. The topological polar surface area (TPSA) is 54.5 Å². The number of carbonyl (C=O) groups excluding carboxylic acids is 1. The number of nitrogens with one attached hydrogen (secondary N) is 1. The molecule has 2 aromatic rings. The van der Waals surface area contributed by atoms with Crippen LogP contribution in [0.25, 0.3) is 4.91 Å². The highest BCUT2D eigenvalue weighted by Crippen LogP contribution is 2.44. The van der Waals surface area contributed by atoms with Crippen molar-refractivity contribution in [1.29, 1.82) is 0 Å². The molecule has 1 N–H and O–H groups in total. The molecule has 0 bridgehead atoms. The number of aliphatic imine (C=N–C) groups is 1. The van der Waals surface area contributed by atoms with E-state index in [9.17, 15) is 4.79 Å². The molecule has 1 aromatic carbocycles. The Morgan fingerprint density at radius 1 is 1.07 bits per heavy atom. The maximum Gasteiger partial charge on any atom is 0.340 e. The van der Waals surface area contributed by atoms with E-state index in [0.29, 0.717) is 17.9 Å². The fraction of sp³-hybridized carbons (Fsp3) is 0.333. The number of carbonyl (C=O) groups is 1. The smallest absolute Gasteiger partial charge is 0.340 e. The van der Waals surface area contributed by atoms with Crippen LogP contribution in [0, 0.1) is 27.7 Å². The van der Waals surface area contributed by atoms with Crippen LogP contribution in [0.15, 0.2) is 51.0 Å². The van der Waals surface area contributed by atoms with Crippen molar-refractivity contribution in [3.05, 3.63) is 69.2 Å². The molecule has 1 aliphatic rings. The molecule has 4 nitrogen and oxygen atoms in total. The van der Waals surface area contributed by atoms with E-state index >= 15 is 0 Å². The maximum absolute atomic E-state index is 12.5. The first-order chi connectivity index (χ1) is 13.7. The van der Waals surface area contributed by atoms with Crippen molar-refractivity contribution < 1.29 is 9.53 Å². The Labute approximate surface area is 177 Å². The standard InChI is InChI=1S/C24H28N2O2S/c1-8-28-24(27)19-17(6)21(26-18(19)7)23(20-15(4)12-16(5)25-20)29-22-13(2)10-9-11-14(22)3/h9-12,25H,8H2,1-7H3/b23-21+. The van der Waals surface area contributed by atoms with Crippen LogP contribution in [0.3, 0.4) is 0 Å². The molecule has 0 unspecified atom stereocenters. The van der Waals surface area contributed by atoms with E-state index in [4.69, 9.17) is 9.73 Å². The predicted octanol–water partition coefficient (Wildman–Crippen LogP) is 6.06. The average molecular weight is 409 g/mol. The van der Waals surface area contributed by atoms with E-state index in [0.717, 1.165) is 33.1 Å². The second-order valence-corrected chi connectivity index (χ2v) is 8.45. The van der Waals surface area contributed by atoms with Gasteiger partial charge in [0.15, 0.2) is 0 Å². The number of thioether (sulfide) groups is 1. The summed E-state index contributed by atoms with van der Waals surface area (Å²) in [5, 5.41) is 0. The molecule has 0 amide bonds. The van der Waals surface area contributed by atoms with Gasteiger partial charge in [-0.15, -0.1) is 0 Å². The Morgan fingerprint density at radius 3 is 2.28 bits per heavy atom. The molecular weight excluding hydrogens is 380 g/mol. The van der Waals surface area contributed by atoms with Crippen LogP contribution in [0.5, 0.6) is 0 Å². The summed E-state index contributed by atoms with van der Waals surface area (Å²) in [5.41, 5.74) is 8.73. The van der Waals surface area contributed by atoms with E-state index in [1.165, 1.54) is 16.0 Å². The zero-order chi connectivity index (χ0) is 21.3. The highest BCUT2D eigenvalue weighted by atomic mass is 32.2. The molecule has 0 saturated heterocycles. The Morgan fingerprint density at radius 2 is 1.72 bits per heavy atom. The minimum atomic E-state index is -0.308. The molecule has 0 saturated carbocycles. The zero-order valence-corrected chi connectivity index (χ0v) is 19.0. The number of benzene rings is 1. The quantitative estimate of drug-likeness (QED) is 0.483. The Balaban J connectivity index is 2.24. The third-order valence-corrected chi connectivity index (χ3v) is 6.51. The van der Waals surface area contributed by atoms with E-state index in [1.54, 1.807) is 11.8 Å². The van der Waals surface area contributed by atoms with Crippen LogP contribution >= 0.6 is 11.8 Å². The van der Waals surface area contributed by atoms with Gasteiger partial charge in [-0.25, -0.2) is 4.79 Å². The summed E-state index contributed by atoms with van der Waals surface area (Å²) in [4.78, 5) is 23.1. The summed E-state index contributed by atoms with van der Waals surface area (Å²) in [7, 11) is 0. The van der Waals surface area contributed by atoms with Gasteiger partial charge in [-0.2, -0.15) is 0 Å². The van der Waals surface area contributed by atoms with Crippen LogP contribution in [-0.4, -0.2) is 23.3 Å². The number of H-pyrrole nitrogens is 1. The number of allylic oxidation sites excluding steroid dienone is 1. The van der Waals surface area contributed by atoms with Crippen LogP contribution in [0.2, 0.25) is 0 Å². The van der Waals surface area contributed by atoms with Gasteiger partial charge in [-0.1, -0.05) is 30.0 Å². The number of aryl methyl sites for hydroxylation is 4. The van der Waals surface area contributed by atoms with Crippen molar-refractivity contribution in [2.45, 2.75) is 53.4 Å². The molecule has 2 heterocycles. The van der Waals surface area contributed by atoms with Crippen molar-refractivity contribution >= 4 is 28.3 Å². The maximum atomic E-state index is 12.5. The Bertz CT molecular complexity index is 1050. The van der Waals surface area contributed by atoms with Gasteiger partial charge in [-0.05, 0) is 76.8 Å². The normalized spacial score (nSPS) is 15.6. The number of ether oxygens (including phenoxy) is 1. The van der Waals surface area contributed by atoms with E-state index in [2.05, 4.69) is 56.9 Å². The van der Waals surface area contributed by atoms with Crippen molar-refractivity contribution in [2.75, 3.05) is 6.61 Å². The Hall–Kier alpha value is -2.53. The molecule has 0 radical (unpaired) electrons. The van der Waals surface area contributed by atoms with E-state index < -0.39 is 0 Å². The van der Waals surface area contributed by atoms with E-state index in [1.807, 2.05) is 20.8 Å². The third kappa shape index (κ3) is 4.10. The first-order valence-corrected chi connectivity index (χ1v) is 10.6. The minimum absolute atomic E-state index is 0.308. The zero-order valence-electron chi connectivity index (χ0n) is 18.2. The van der Waals surface area contributed by atoms with Crippen molar-refractivity contribution in [3.8, 4) is 0 Å². The largest absolute Gasteiger partial charge is 0.462 e. The molecule has 29 heavy (non-hydrogen) atoms. The number of nitrogens with zero attached hydrogens (tertiary/aromatic N) is 1. The van der Waals surface area contributed by atoms with Gasteiger partial charge in [0.2, 0.25) is 0 Å². The summed E-state index contributed by atoms with van der Waals surface area (Å²) in [5.74, 6) is -0.308. The van der Waals surface area contributed by atoms with Gasteiger partial charge in [0.1, 0.15) is 0 Å². The molecule has 3 rings (SSSR count). The van der Waals surface area contributed by atoms with Crippen molar-refractivity contribution in [2.24, 2.45) is 4.99 Å². The average Bonchev–Trinajstić information content (AvgIpc) is 3.13. The third-order valence-electron chi connectivity index (χ3n) is 5.06. The summed E-state index contributed by atoms with van der Waals surface area (Å²) < 4.78 is 5.27. The molecule has 5 heteroatoms. The summed E-state index contributed by atoms with van der Waals surface area (Å²) >= 11 is 1.71. The summed E-state index contributed by atoms with van der Waals surface area (Å²) in [6.45, 7) is 14.4. The van der Waals surface area contributed by atoms with Gasteiger partial charge in [0.25, 0.3) is 0 Å². The van der Waals surface area contributed by atoms with Crippen LogP contribution < -0.4 is 0 Å². The molecule has 0 fully saturated rings. The molecule has 0 atom stereocenters. The monoisotopic (exact) mass is 408 g/mol. The summed E-state index contributed by atoms with van der Waals surface area (Å²) in [6.07, 6.45) is 0. The Kier molecular flexibility index (Phi) is 6.18. The number of aromatic amines is 1. The first-order valence-electron chi connectivity index (χ1n) is 9.83. The van der Waals surface area contributed by atoms with Crippen LogP contribution in [0.1, 0.15) is 48.8 Å². The number of hydrogen-bond donors (Lipinski definition) is 1. The fourth-order valence-corrected chi connectivity index (χ4v) is 4.94. The lowest BCUT2D eigenvalue weighted by Crippen LogP contribution is -2.12. The van der Waals surface area contributed by atoms with Gasteiger partial charge >= 0.3 is 5.97 Å². The molecule has 1 aliphatic heterocycles.